The van der Waals surface area contributed by atoms with Gasteiger partial charge < -0.3 is 14.2 Å². The molecule has 208 valence electrons. The third-order valence-electron chi connectivity index (χ3n) is 6.00. The van der Waals surface area contributed by atoms with E-state index in [1.165, 1.54) is 43.5 Å². The Hall–Kier alpha value is -3.13. The fraction of sp³-hybridized carbons (Fsp3) is 0.296. The first-order valence-electron chi connectivity index (χ1n) is 11.9. The van der Waals surface area contributed by atoms with Crippen LogP contribution in [0.1, 0.15) is 21.5 Å². The van der Waals surface area contributed by atoms with Crippen LogP contribution in [-0.2, 0) is 42.8 Å². The number of ether oxygens (including phenoxy) is 3. The van der Waals surface area contributed by atoms with Crippen LogP contribution in [0.2, 0.25) is 0 Å². The van der Waals surface area contributed by atoms with Gasteiger partial charge in [0.05, 0.1) is 22.0 Å². The van der Waals surface area contributed by atoms with Crippen molar-refractivity contribution in [1.82, 2.24) is 0 Å². The van der Waals surface area contributed by atoms with Crippen LogP contribution in [0.4, 0.5) is 0 Å². The molecule has 1 fully saturated rings. The Kier molecular flexibility index (Phi) is 8.84. The highest BCUT2D eigenvalue weighted by Crippen LogP contribution is 2.32. The van der Waals surface area contributed by atoms with Crippen molar-refractivity contribution in [2.45, 2.75) is 48.2 Å². The second kappa shape index (κ2) is 11.9. The van der Waals surface area contributed by atoms with Crippen molar-refractivity contribution in [3.05, 3.63) is 95.6 Å². The van der Waals surface area contributed by atoms with Crippen molar-refractivity contribution in [2.24, 2.45) is 0 Å². The zero-order chi connectivity index (χ0) is 28.2. The van der Waals surface area contributed by atoms with Crippen molar-refractivity contribution >= 4 is 26.2 Å². The number of esters is 1. The molecule has 0 radical (unpaired) electrons. The molecule has 0 spiro atoms. The molecule has 1 heterocycles. The Balaban J connectivity index is 1.62. The third-order valence-corrected chi connectivity index (χ3v) is 8.62. The highest BCUT2D eigenvalue weighted by Gasteiger charge is 2.51. The van der Waals surface area contributed by atoms with E-state index in [2.05, 4.69) is 0 Å². The van der Waals surface area contributed by atoms with Crippen LogP contribution >= 0.6 is 0 Å². The van der Waals surface area contributed by atoms with Crippen LogP contribution in [-0.4, -0.2) is 61.1 Å². The highest BCUT2D eigenvalue weighted by atomic mass is 32.2. The molecular formula is C27H28O10S2. The normalized spacial score (nSPS) is 21.5. The number of rotatable bonds is 10. The first kappa shape index (κ1) is 28.9. The zero-order valence-corrected chi connectivity index (χ0v) is 23.1. The van der Waals surface area contributed by atoms with Crippen molar-refractivity contribution in [3.8, 4) is 0 Å². The number of benzene rings is 3. The van der Waals surface area contributed by atoms with E-state index in [0.717, 1.165) is 11.1 Å². The van der Waals surface area contributed by atoms with E-state index < -0.39 is 57.4 Å². The number of methoxy groups -OCH3 is 1. The zero-order valence-electron chi connectivity index (χ0n) is 21.4. The Morgan fingerprint density at radius 1 is 0.769 bits per heavy atom. The molecule has 1 saturated heterocycles. The Morgan fingerprint density at radius 2 is 1.31 bits per heavy atom. The maximum atomic E-state index is 13.2. The second-order valence-electron chi connectivity index (χ2n) is 8.89. The van der Waals surface area contributed by atoms with E-state index in [-0.39, 0.29) is 15.4 Å². The van der Waals surface area contributed by atoms with Gasteiger partial charge in [-0.1, -0.05) is 53.6 Å². The minimum atomic E-state index is -4.40. The smallest absolute Gasteiger partial charge is 0.338 e. The van der Waals surface area contributed by atoms with Crippen LogP contribution in [0.25, 0.3) is 0 Å². The molecule has 3 aromatic rings. The molecule has 0 aromatic heterocycles. The van der Waals surface area contributed by atoms with Gasteiger partial charge in [0, 0.05) is 7.11 Å². The van der Waals surface area contributed by atoms with Gasteiger partial charge in [0.2, 0.25) is 0 Å². The molecule has 4 rings (SSSR count). The Bertz CT molecular complexity index is 1490. The number of carbonyl (C=O) groups excluding carboxylic acids is 1. The van der Waals surface area contributed by atoms with E-state index in [0.29, 0.717) is 0 Å². The molecule has 1 aliphatic rings. The molecule has 0 aliphatic carbocycles. The van der Waals surface area contributed by atoms with Gasteiger partial charge in [0.25, 0.3) is 20.2 Å². The molecule has 10 nitrogen and oxygen atoms in total. The number of aryl methyl sites for hydroxylation is 2. The van der Waals surface area contributed by atoms with Gasteiger partial charge in [-0.3, -0.25) is 8.37 Å². The topological polar surface area (TPSA) is 132 Å². The van der Waals surface area contributed by atoms with Crippen molar-refractivity contribution in [1.29, 1.82) is 0 Å². The molecule has 3 aromatic carbocycles. The molecule has 0 saturated carbocycles. The molecule has 1 unspecified atom stereocenters. The van der Waals surface area contributed by atoms with Gasteiger partial charge in [-0.05, 0) is 50.2 Å². The maximum Gasteiger partial charge on any atom is 0.338 e. The molecule has 12 heteroatoms. The van der Waals surface area contributed by atoms with Crippen LogP contribution in [0.5, 0.6) is 0 Å². The maximum absolute atomic E-state index is 13.2. The molecular weight excluding hydrogens is 548 g/mol. The summed E-state index contributed by atoms with van der Waals surface area (Å²) in [7, 11) is -7.36. The quantitative estimate of drug-likeness (QED) is 0.261. The van der Waals surface area contributed by atoms with E-state index >= 15 is 0 Å². The average Bonchev–Trinajstić information content (AvgIpc) is 3.23. The van der Waals surface area contributed by atoms with Crippen LogP contribution < -0.4 is 0 Å². The summed E-state index contributed by atoms with van der Waals surface area (Å²) in [5, 5.41) is 0. The summed E-state index contributed by atoms with van der Waals surface area (Å²) >= 11 is 0. The van der Waals surface area contributed by atoms with E-state index in [1.54, 1.807) is 49.4 Å². The summed E-state index contributed by atoms with van der Waals surface area (Å²) in [6.45, 7) is 2.97. The molecule has 0 bridgehead atoms. The molecule has 0 N–H and O–H groups in total. The minimum absolute atomic E-state index is 0.0915. The predicted molar refractivity (Wildman–Crippen MR) is 139 cm³/mol. The fourth-order valence-corrected chi connectivity index (χ4v) is 5.88. The van der Waals surface area contributed by atoms with Gasteiger partial charge in [-0.25, -0.2) is 4.79 Å². The van der Waals surface area contributed by atoms with Crippen LogP contribution in [0.15, 0.2) is 88.7 Å². The summed E-state index contributed by atoms with van der Waals surface area (Å²) in [5.41, 5.74) is 1.89. The summed E-state index contributed by atoms with van der Waals surface area (Å²) in [5.74, 6) is -0.776. The van der Waals surface area contributed by atoms with E-state index in [4.69, 9.17) is 22.6 Å². The first-order valence-corrected chi connectivity index (χ1v) is 14.7. The first-order chi connectivity index (χ1) is 18.5. The van der Waals surface area contributed by atoms with Gasteiger partial charge in [-0.2, -0.15) is 16.8 Å². The molecule has 4 atom stereocenters. The average molecular weight is 577 g/mol. The Labute approximate surface area is 227 Å². The third kappa shape index (κ3) is 6.90. The van der Waals surface area contributed by atoms with Crippen LogP contribution in [0.3, 0.4) is 0 Å². The van der Waals surface area contributed by atoms with Crippen molar-refractivity contribution < 1.29 is 44.2 Å². The monoisotopic (exact) mass is 576 g/mol. The molecule has 39 heavy (non-hydrogen) atoms. The summed E-state index contributed by atoms with van der Waals surface area (Å²) < 4.78 is 79.3. The SMILES string of the molecule is COC1O[C@H](COS(=O)(=O)c2ccc(C)cc2)[C@H](OS(=O)(=O)c2ccc(C)cc2)[C@H]1OC(=O)c1ccccc1. The number of carbonyl (C=O) groups is 1. The van der Waals surface area contributed by atoms with Crippen molar-refractivity contribution in [3.63, 3.8) is 0 Å². The van der Waals surface area contributed by atoms with Gasteiger partial charge >= 0.3 is 5.97 Å². The number of hydrogen-bond donors (Lipinski definition) is 0. The van der Waals surface area contributed by atoms with E-state index in [1.807, 2.05) is 6.92 Å². The number of hydrogen-bond acceptors (Lipinski definition) is 10. The molecule has 0 amide bonds. The van der Waals surface area contributed by atoms with Gasteiger partial charge in [0.1, 0.15) is 12.2 Å². The Morgan fingerprint density at radius 3 is 1.85 bits per heavy atom. The summed E-state index contributed by atoms with van der Waals surface area (Å²) in [6, 6.07) is 20.0. The lowest BCUT2D eigenvalue weighted by Gasteiger charge is -2.23. The minimum Gasteiger partial charge on any atom is -0.450 e. The van der Waals surface area contributed by atoms with Gasteiger partial charge in [0.15, 0.2) is 12.4 Å². The van der Waals surface area contributed by atoms with E-state index in [9.17, 15) is 21.6 Å². The predicted octanol–water partition coefficient (Wildman–Crippen LogP) is 3.38. The largest absolute Gasteiger partial charge is 0.450 e. The lowest BCUT2D eigenvalue weighted by Crippen LogP contribution is -2.42. The lowest BCUT2D eigenvalue weighted by molar-refractivity contribution is -0.153. The highest BCUT2D eigenvalue weighted by molar-refractivity contribution is 7.87. The lowest BCUT2D eigenvalue weighted by atomic mass is 10.1. The summed E-state index contributed by atoms with van der Waals surface area (Å²) in [4.78, 5) is 12.6. The molecule has 1 aliphatic heterocycles. The van der Waals surface area contributed by atoms with Crippen molar-refractivity contribution in [2.75, 3.05) is 13.7 Å². The van der Waals surface area contributed by atoms with Crippen LogP contribution in [0, 0.1) is 13.8 Å². The fourth-order valence-electron chi connectivity index (χ4n) is 3.86. The van der Waals surface area contributed by atoms with Gasteiger partial charge in [-0.15, -0.1) is 0 Å². The standard InChI is InChI=1S/C27H28O10S2/c1-18-9-13-21(14-10-18)38(29,30)34-17-23-24(37-39(31,32)22-15-11-19(2)12-16-22)25(27(33-3)35-23)36-26(28)20-7-5-4-6-8-20/h4-16,23-25,27H,17H2,1-3H3/t23-,24+,25-,27?/m1/s1. The summed E-state index contributed by atoms with van der Waals surface area (Å²) in [6.07, 6.45) is -5.45. The second-order valence-corrected chi connectivity index (χ2v) is 12.1.